The van der Waals surface area contributed by atoms with Crippen molar-refractivity contribution in [3.63, 3.8) is 0 Å². The summed E-state index contributed by atoms with van der Waals surface area (Å²) in [5.74, 6) is -0.496. The molecule has 1 rings (SSSR count). The zero-order valence-electron chi connectivity index (χ0n) is 6.52. The van der Waals surface area contributed by atoms with Crippen LogP contribution in [0.25, 0.3) is 0 Å². The standard InChI is InChI=1S/C8H11NO2/c1-2-3-4-6-5-7(10)9-8(6)11/h5H,2-4H2,1H3,(H,9,10,11). The van der Waals surface area contributed by atoms with E-state index in [4.69, 9.17) is 0 Å². The molecule has 0 bridgehead atoms. The fourth-order valence-electron chi connectivity index (χ4n) is 1.00. The van der Waals surface area contributed by atoms with E-state index in [1.165, 1.54) is 6.08 Å². The van der Waals surface area contributed by atoms with Crippen LogP contribution in [-0.2, 0) is 9.59 Å². The molecule has 0 fully saturated rings. The molecule has 0 aliphatic carbocycles. The van der Waals surface area contributed by atoms with Gasteiger partial charge in [-0.25, -0.2) is 0 Å². The monoisotopic (exact) mass is 153 g/mol. The Labute approximate surface area is 65.5 Å². The van der Waals surface area contributed by atoms with Gasteiger partial charge in [0.25, 0.3) is 11.8 Å². The maximum Gasteiger partial charge on any atom is 0.254 e. The van der Waals surface area contributed by atoms with Crippen molar-refractivity contribution in [1.82, 2.24) is 5.32 Å². The second-order valence-corrected chi connectivity index (χ2v) is 2.59. The Morgan fingerprint density at radius 1 is 1.45 bits per heavy atom. The summed E-state index contributed by atoms with van der Waals surface area (Å²) in [6, 6.07) is 0. The highest BCUT2D eigenvalue weighted by molar-refractivity contribution is 6.16. The van der Waals surface area contributed by atoms with Gasteiger partial charge in [-0.15, -0.1) is 0 Å². The van der Waals surface area contributed by atoms with E-state index in [1.807, 2.05) is 0 Å². The van der Waals surface area contributed by atoms with E-state index in [-0.39, 0.29) is 11.8 Å². The average Bonchev–Trinajstić information content (AvgIpc) is 2.26. The summed E-state index contributed by atoms with van der Waals surface area (Å²) < 4.78 is 0. The maximum absolute atomic E-state index is 10.9. The van der Waals surface area contributed by atoms with Gasteiger partial charge < -0.3 is 0 Å². The van der Waals surface area contributed by atoms with Crippen molar-refractivity contribution in [2.24, 2.45) is 0 Å². The van der Waals surface area contributed by atoms with Gasteiger partial charge in [-0.3, -0.25) is 14.9 Å². The second kappa shape index (κ2) is 3.32. The van der Waals surface area contributed by atoms with Crippen molar-refractivity contribution in [2.75, 3.05) is 0 Å². The summed E-state index contributed by atoms with van der Waals surface area (Å²) in [6.07, 6.45) is 4.11. The molecule has 1 N–H and O–H groups in total. The van der Waals surface area contributed by atoms with Gasteiger partial charge in [0.1, 0.15) is 0 Å². The van der Waals surface area contributed by atoms with Gasteiger partial charge in [0.05, 0.1) is 0 Å². The largest absolute Gasteiger partial charge is 0.289 e. The van der Waals surface area contributed by atoms with Crippen LogP contribution < -0.4 is 5.32 Å². The third-order valence-electron chi connectivity index (χ3n) is 1.63. The molecule has 1 aliphatic rings. The molecular weight excluding hydrogens is 142 g/mol. The molecular formula is C8H11NO2. The molecule has 60 valence electrons. The van der Waals surface area contributed by atoms with Crippen molar-refractivity contribution in [3.8, 4) is 0 Å². The first-order valence-corrected chi connectivity index (χ1v) is 3.80. The zero-order chi connectivity index (χ0) is 8.27. The first kappa shape index (κ1) is 7.98. The van der Waals surface area contributed by atoms with Gasteiger partial charge in [0.15, 0.2) is 0 Å². The Bertz CT molecular complexity index is 218. The van der Waals surface area contributed by atoms with E-state index in [0.717, 1.165) is 12.8 Å². The Morgan fingerprint density at radius 3 is 2.64 bits per heavy atom. The highest BCUT2D eigenvalue weighted by Gasteiger charge is 2.19. The van der Waals surface area contributed by atoms with Crippen LogP contribution in [0.2, 0.25) is 0 Å². The van der Waals surface area contributed by atoms with Gasteiger partial charge >= 0.3 is 0 Å². The SMILES string of the molecule is CCCCC1=CC(=O)NC1=O. The number of unbranched alkanes of at least 4 members (excludes halogenated alkanes) is 1. The number of rotatable bonds is 3. The number of hydrogen-bond donors (Lipinski definition) is 1. The van der Waals surface area contributed by atoms with Gasteiger partial charge in [0, 0.05) is 11.6 Å². The van der Waals surface area contributed by atoms with Crippen molar-refractivity contribution in [3.05, 3.63) is 11.6 Å². The molecule has 3 heteroatoms. The van der Waals surface area contributed by atoms with E-state index in [2.05, 4.69) is 12.2 Å². The van der Waals surface area contributed by atoms with Crippen LogP contribution in [0.4, 0.5) is 0 Å². The first-order valence-electron chi connectivity index (χ1n) is 3.80. The van der Waals surface area contributed by atoms with Crippen molar-refractivity contribution >= 4 is 11.8 Å². The molecule has 0 spiro atoms. The summed E-state index contributed by atoms with van der Waals surface area (Å²) in [7, 11) is 0. The van der Waals surface area contributed by atoms with Crippen LogP contribution in [0.3, 0.4) is 0 Å². The van der Waals surface area contributed by atoms with Crippen LogP contribution in [0, 0.1) is 0 Å². The van der Waals surface area contributed by atoms with E-state index in [9.17, 15) is 9.59 Å². The number of nitrogens with one attached hydrogen (secondary N) is 1. The van der Waals surface area contributed by atoms with Gasteiger partial charge in [-0.2, -0.15) is 0 Å². The van der Waals surface area contributed by atoms with Gasteiger partial charge in [0.2, 0.25) is 0 Å². The highest BCUT2D eigenvalue weighted by Crippen LogP contribution is 2.10. The lowest BCUT2D eigenvalue weighted by Crippen LogP contribution is -2.22. The lowest BCUT2D eigenvalue weighted by atomic mass is 10.1. The minimum atomic E-state index is -0.277. The van der Waals surface area contributed by atoms with Crippen LogP contribution in [-0.4, -0.2) is 11.8 Å². The number of amides is 2. The fourth-order valence-corrected chi connectivity index (χ4v) is 1.00. The minimum absolute atomic E-state index is 0.219. The highest BCUT2D eigenvalue weighted by atomic mass is 16.2. The third kappa shape index (κ3) is 1.90. The van der Waals surface area contributed by atoms with E-state index >= 15 is 0 Å². The predicted octanol–water partition coefficient (Wildman–Crippen LogP) is 0.759. The molecule has 0 atom stereocenters. The number of carbonyl (C=O) groups is 2. The van der Waals surface area contributed by atoms with Crippen LogP contribution in [0.1, 0.15) is 26.2 Å². The van der Waals surface area contributed by atoms with Gasteiger partial charge in [-0.05, 0) is 12.8 Å². The number of carbonyl (C=O) groups excluding carboxylic acids is 2. The predicted molar refractivity (Wildman–Crippen MR) is 40.8 cm³/mol. The minimum Gasteiger partial charge on any atom is -0.289 e. The summed E-state index contributed by atoms with van der Waals surface area (Å²) >= 11 is 0. The molecule has 1 aliphatic heterocycles. The average molecular weight is 153 g/mol. The topological polar surface area (TPSA) is 46.2 Å². The van der Waals surface area contributed by atoms with Gasteiger partial charge in [-0.1, -0.05) is 13.3 Å². The molecule has 2 amide bonds. The van der Waals surface area contributed by atoms with Crippen LogP contribution in [0.15, 0.2) is 11.6 Å². The van der Waals surface area contributed by atoms with Crippen molar-refractivity contribution in [1.29, 1.82) is 0 Å². The molecule has 0 aromatic rings. The van der Waals surface area contributed by atoms with Crippen molar-refractivity contribution in [2.45, 2.75) is 26.2 Å². The lowest BCUT2D eigenvalue weighted by Gasteiger charge is -1.95. The number of imide groups is 1. The lowest BCUT2D eigenvalue weighted by molar-refractivity contribution is -0.123. The van der Waals surface area contributed by atoms with Crippen LogP contribution in [0.5, 0.6) is 0 Å². The Kier molecular flexibility index (Phi) is 2.41. The zero-order valence-corrected chi connectivity index (χ0v) is 6.52. The summed E-state index contributed by atoms with van der Waals surface area (Å²) in [6.45, 7) is 2.05. The fraction of sp³-hybridized carbons (Fsp3) is 0.500. The maximum atomic E-state index is 10.9. The molecule has 3 nitrogen and oxygen atoms in total. The molecule has 11 heavy (non-hydrogen) atoms. The van der Waals surface area contributed by atoms with Crippen molar-refractivity contribution < 1.29 is 9.59 Å². The molecule has 0 unspecified atom stereocenters. The summed E-state index contributed by atoms with van der Waals surface area (Å²) in [5.41, 5.74) is 0.622. The third-order valence-corrected chi connectivity index (χ3v) is 1.63. The molecule has 0 saturated heterocycles. The Morgan fingerprint density at radius 2 is 2.18 bits per heavy atom. The Balaban J connectivity index is 2.50. The summed E-state index contributed by atoms with van der Waals surface area (Å²) in [4.78, 5) is 21.5. The molecule has 0 saturated carbocycles. The number of hydrogen-bond acceptors (Lipinski definition) is 2. The normalized spacial score (nSPS) is 16.6. The molecule has 0 aromatic heterocycles. The van der Waals surface area contributed by atoms with E-state index in [0.29, 0.717) is 12.0 Å². The smallest absolute Gasteiger partial charge is 0.254 e. The van der Waals surface area contributed by atoms with E-state index in [1.54, 1.807) is 0 Å². The molecule has 0 radical (unpaired) electrons. The molecule has 0 aromatic carbocycles. The quantitative estimate of drug-likeness (QED) is 0.608. The summed E-state index contributed by atoms with van der Waals surface area (Å²) in [5, 5.41) is 2.21. The Hall–Kier alpha value is -1.12. The van der Waals surface area contributed by atoms with Crippen LogP contribution >= 0.6 is 0 Å². The first-order chi connectivity index (χ1) is 5.24. The second-order valence-electron chi connectivity index (χ2n) is 2.59. The molecule has 1 heterocycles. The van der Waals surface area contributed by atoms with E-state index < -0.39 is 0 Å².